The number of hydrogen-bond donors (Lipinski definition) is 0. The van der Waals surface area contributed by atoms with Crippen molar-refractivity contribution in [2.75, 3.05) is 7.11 Å². The lowest BCUT2D eigenvalue weighted by Gasteiger charge is -2.53. The molecule has 1 aromatic carbocycles. The molecule has 2 aliphatic heterocycles. The number of carbonyl (C=O) groups excluding carboxylic acids is 3. The van der Waals surface area contributed by atoms with Crippen LogP contribution in [0.5, 0.6) is 0 Å². The van der Waals surface area contributed by atoms with Crippen LogP contribution in [0, 0.1) is 23.7 Å². The number of benzene rings is 1. The molecule has 118 valence electrons. The molecule has 5 heteroatoms. The van der Waals surface area contributed by atoms with Gasteiger partial charge in [-0.1, -0.05) is 24.3 Å². The Bertz CT molecular complexity index is 768. The number of ether oxygens (including phenoxy) is 2. The van der Waals surface area contributed by atoms with Gasteiger partial charge in [-0.2, -0.15) is 0 Å². The molecule has 3 aliphatic carbocycles. The summed E-state index contributed by atoms with van der Waals surface area (Å²) >= 11 is 0. The molecule has 1 aromatic rings. The van der Waals surface area contributed by atoms with E-state index >= 15 is 0 Å². The van der Waals surface area contributed by atoms with Gasteiger partial charge in [-0.15, -0.1) is 0 Å². The fourth-order valence-corrected chi connectivity index (χ4v) is 5.83. The summed E-state index contributed by atoms with van der Waals surface area (Å²) in [6, 6.07) is 8.02. The van der Waals surface area contributed by atoms with Crippen molar-refractivity contribution in [3.63, 3.8) is 0 Å². The number of methoxy groups -OCH3 is 1. The highest BCUT2D eigenvalue weighted by atomic mass is 16.6. The van der Waals surface area contributed by atoms with Crippen molar-refractivity contribution in [1.29, 1.82) is 0 Å². The highest BCUT2D eigenvalue weighted by molar-refractivity contribution is 6.00. The Morgan fingerprint density at radius 3 is 2.87 bits per heavy atom. The van der Waals surface area contributed by atoms with Crippen LogP contribution in [-0.4, -0.2) is 30.9 Å². The fourth-order valence-electron chi connectivity index (χ4n) is 5.83. The second-order valence-electron chi connectivity index (χ2n) is 7.11. The van der Waals surface area contributed by atoms with Crippen LogP contribution in [0.1, 0.15) is 17.5 Å². The Balaban J connectivity index is 1.76. The monoisotopic (exact) mass is 312 g/mol. The molecule has 0 aromatic heterocycles. The van der Waals surface area contributed by atoms with Gasteiger partial charge in [0.1, 0.15) is 17.8 Å². The molecule has 2 heterocycles. The first-order valence-corrected chi connectivity index (χ1v) is 7.99. The van der Waals surface area contributed by atoms with Gasteiger partial charge in [0.2, 0.25) is 0 Å². The van der Waals surface area contributed by atoms with Crippen molar-refractivity contribution in [2.24, 2.45) is 23.7 Å². The lowest BCUT2D eigenvalue weighted by atomic mass is 9.55. The normalized spacial score (nSPS) is 42.2. The molecule has 2 saturated heterocycles. The van der Waals surface area contributed by atoms with Crippen molar-refractivity contribution >= 4 is 17.7 Å². The first-order chi connectivity index (χ1) is 11.1. The molecular formula is C18H16O5. The number of rotatable bonds is 1. The Morgan fingerprint density at radius 2 is 2.09 bits per heavy atom. The molecule has 4 bridgehead atoms. The molecule has 4 fully saturated rings. The molecule has 0 radical (unpaired) electrons. The predicted molar refractivity (Wildman–Crippen MR) is 77.3 cm³/mol. The molecule has 6 atom stereocenters. The average molecular weight is 312 g/mol. The summed E-state index contributed by atoms with van der Waals surface area (Å²) in [4.78, 5) is 37.6. The van der Waals surface area contributed by atoms with Crippen molar-refractivity contribution in [2.45, 2.75) is 24.4 Å². The lowest BCUT2D eigenvalue weighted by Crippen LogP contribution is -2.64. The quantitative estimate of drug-likeness (QED) is 0.725. The third-order valence-electron chi connectivity index (χ3n) is 6.49. The van der Waals surface area contributed by atoms with E-state index in [1.807, 2.05) is 18.2 Å². The first kappa shape index (κ1) is 13.3. The van der Waals surface area contributed by atoms with E-state index in [4.69, 9.17) is 9.47 Å². The van der Waals surface area contributed by atoms with Gasteiger partial charge in [0.15, 0.2) is 0 Å². The summed E-state index contributed by atoms with van der Waals surface area (Å²) in [5.74, 6) is -2.53. The van der Waals surface area contributed by atoms with E-state index in [2.05, 4.69) is 6.07 Å². The second kappa shape index (κ2) is 4.02. The van der Waals surface area contributed by atoms with Crippen LogP contribution >= 0.6 is 0 Å². The van der Waals surface area contributed by atoms with E-state index in [-0.39, 0.29) is 17.7 Å². The maximum absolute atomic E-state index is 12.8. The predicted octanol–water partition coefficient (Wildman–Crippen LogP) is 1.03. The molecular weight excluding hydrogens is 296 g/mol. The lowest BCUT2D eigenvalue weighted by molar-refractivity contribution is -0.207. The van der Waals surface area contributed by atoms with Gasteiger partial charge in [-0.25, -0.2) is 0 Å². The average Bonchev–Trinajstić information content (AvgIpc) is 3.03. The van der Waals surface area contributed by atoms with Crippen LogP contribution in [0.3, 0.4) is 0 Å². The molecule has 23 heavy (non-hydrogen) atoms. The number of Topliss-reactive ketones (excluding diaryl/α,β-unsaturated/α-hetero) is 1. The Hall–Kier alpha value is -2.17. The third-order valence-corrected chi connectivity index (χ3v) is 6.49. The standard InChI is InChI=1S/C18H16O5/c1-22-16(20)13-12-11(19)7-18-9-5-3-2-4-8(9)6-10(18)15(13)23-17(21)14(12)18/h2-5,10,12-15H,6-7H2,1H3/t10-,12-,13-,14-,15+,18-/m0/s1. The topological polar surface area (TPSA) is 69.7 Å². The Labute approximate surface area is 132 Å². The van der Waals surface area contributed by atoms with E-state index in [0.29, 0.717) is 6.42 Å². The van der Waals surface area contributed by atoms with Crippen molar-refractivity contribution in [3.8, 4) is 0 Å². The summed E-state index contributed by atoms with van der Waals surface area (Å²) in [7, 11) is 1.32. The molecule has 0 unspecified atom stereocenters. The summed E-state index contributed by atoms with van der Waals surface area (Å²) in [6.07, 6.45) is 0.533. The van der Waals surface area contributed by atoms with Gasteiger partial charge in [-0.05, 0) is 17.5 Å². The number of carbonyl (C=O) groups is 3. The van der Waals surface area contributed by atoms with Crippen LogP contribution in [0.25, 0.3) is 0 Å². The minimum atomic E-state index is -0.648. The van der Waals surface area contributed by atoms with E-state index < -0.39 is 35.2 Å². The fraction of sp³-hybridized carbons (Fsp3) is 0.500. The minimum absolute atomic E-state index is 0.00519. The Morgan fingerprint density at radius 1 is 1.30 bits per heavy atom. The maximum Gasteiger partial charge on any atom is 0.313 e. The molecule has 2 saturated carbocycles. The summed E-state index contributed by atoms with van der Waals surface area (Å²) < 4.78 is 10.5. The molecule has 5 aliphatic rings. The van der Waals surface area contributed by atoms with Gasteiger partial charge < -0.3 is 9.47 Å². The smallest absolute Gasteiger partial charge is 0.313 e. The summed E-state index contributed by atoms with van der Waals surface area (Å²) in [5, 5.41) is 0. The molecule has 6 rings (SSSR count). The largest absolute Gasteiger partial charge is 0.469 e. The number of hydrogen-bond acceptors (Lipinski definition) is 5. The molecule has 1 spiro atoms. The molecule has 0 N–H and O–H groups in total. The van der Waals surface area contributed by atoms with Gasteiger partial charge in [0, 0.05) is 23.7 Å². The van der Waals surface area contributed by atoms with Crippen LogP contribution in [0.4, 0.5) is 0 Å². The summed E-state index contributed by atoms with van der Waals surface area (Å²) in [6.45, 7) is 0. The first-order valence-electron chi connectivity index (χ1n) is 7.99. The minimum Gasteiger partial charge on any atom is -0.469 e. The van der Waals surface area contributed by atoms with Crippen molar-refractivity contribution in [3.05, 3.63) is 35.4 Å². The van der Waals surface area contributed by atoms with Crippen molar-refractivity contribution in [1.82, 2.24) is 0 Å². The number of fused-ring (bicyclic) bond motifs is 2. The number of esters is 2. The third kappa shape index (κ3) is 1.29. The van der Waals surface area contributed by atoms with Crippen molar-refractivity contribution < 1.29 is 23.9 Å². The van der Waals surface area contributed by atoms with E-state index in [1.54, 1.807) is 0 Å². The van der Waals surface area contributed by atoms with Crippen LogP contribution in [0.2, 0.25) is 0 Å². The van der Waals surface area contributed by atoms with Crippen LogP contribution in [0.15, 0.2) is 24.3 Å². The van der Waals surface area contributed by atoms with Crippen LogP contribution < -0.4 is 0 Å². The Kier molecular flexibility index (Phi) is 2.32. The van der Waals surface area contributed by atoms with Gasteiger partial charge >= 0.3 is 11.9 Å². The van der Waals surface area contributed by atoms with Gasteiger partial charge in [-0.3, -0.25) is 14.4 Å². The maximum atomic E-state index is 12.8. The SMILES string of the molecule is COC(=O)[C@@H]1[C@@H]2OC(=O)[C@@H]3[C@H]1C(=O)C[C@@]31c3ccccc3C[C@@H]21. The van der Waals surface area contributed by atoms with E-state index in [0.717, 1.165) is 12.0 Å². The zero-order chi connectivity index (χ0) is 15.9. The van der Waals surface area contributed by atoms with E-state index in [9.17, 15) is 14.4 Å². The second-order valence-corrected chi connectivity index (χ2v) is 7.11. The zero-order valence-corrected chi connectivity index (χ0v) is 12.7. The van der Waals surface area contributed by atoms with Gasteiger partial charge in [0.25, 0.3) is 0 Å². The molecule has 5 nitrogen and oxygen atoms in total. The number of ketones is 1. The summed E-state index contributed by atoms with van der Waals surface area (Å²) in [5.41, 5.74) is 1.81. The zero-order valence-electron chi connectivity index (χ0n) is 12.7. The van der Waals surface area contributed by atoms with E-state index in [1.165, 1.54) is 12.7 Å². The van der Waals surface area contributed by atoms with Crippen LogP contribution in [-0.2, 0) is 35.7 Å². The highest BCUT2D eigenvalue weighted by Crippen LogP contribution is 2.67. The highest BCUT2D eigenvalue weighted by Gasteiger charge is 2.76. The van der Waals surface area contributed by atoms with Gasteiger partial charge in [0.05, 0.1) is 13.0 Å². The molecule has 0 amide bonds.